The normalized spacial score (nSPS) is 11.8. The molecule has 2 aliphatic rings. The third-order valence-corrected chi connectivity index (χ3v) is 2.49. The van der Waals surface area contributed by atoms with Crippen molar-refractivity contribution in [2.24, 2.45) is 0 Å². The molecular weight excluding hydrogens is 204 g/mol. The molecule has 0 fully saturated rings. The van der Waals surface area contributed by atoms with Crippen LogP contribution >= 0.6 is 11.6 Å². The van der Waals surface area contributed by atoms with Gasteiger partial charge in [-0.2, -0.15) is 0 Å². The lowest BCUT2D eigenvalue weighted by Gasteiger charge is -1.91. The van der Waals surface area contributed by atoms with Crippen LogP contribution in [0.25, 0.3) is 10.8 Å². The average molecular weight is 207 g/mol. The lowest BCUT2D eigenvalue weighted by atomic mass is 10.1. The highest BCUT2D eigenvalue weighted by Gasteiger charge is 2.16. The maximum atomic E-state index is 11.6. The molecule has 3 nitrogen and oxygen atoms in total. The van der Waals surface area contributed by atoms with Gasteiger partial charge < -0.3 is 4.42 Å². The minimum absolute atomic E-state index is 0.171. The molecular formula is C10H3ClO3. The van der Waals surface area contributed by atoms with Crippen LogP contribution in [0.3, 0.4) is 0 Å². The van der Waals surface area contributed by atoms with E-state index in [9.17, 15) is 9.59 Å². The molecule has 1 aromatic rings. The number of hydrogen-bond donors (Lipinski definition) is 0. The van der Waals surface area contributed by atoms with Crippen LogP contribution in [0.1, 0.15) is 0 Å². The Kier molecular flexibility index (Phi) is 1.25. The van der Waals surface area contributed by atoms with Crippen molar-refractivity contribution in [1.82, 2.24) is 0 Å². The molecule has 0 atom stereocenters. The van der Waals surface area contributed by atoms with Crippen molar-refractivity contribution in [2.45, 2.75) is 0 Å². The molecule has 0 N–H and O–H groups in total. The molecule has 1 aliphatic carbocycles. The average Bonchev–Trinajstić information content (AvgIpc) is 2.94. The summed E-state index contributed by atoms with van der Waals surface area (Å²) in [7, 11) is 0. The summed E-state index contributed by atoms with van der Waals surface area (Å²) in [4.78, 5) is 23.1. The molecule has 0 unspecified atom stereocenters. The summed E-state index contributed by atoms with van der Waals surface area (Å²) in [5, 5.41) is 1.14. The van der Waals surface area contributed by atoms with Crippen LogP contribution in [0.2, 0.25) is 5.02 Å². The number of benzene rings is 1. The van der Waals surface area contributed by atoms with Crippen LogP contribution < -0.4 is 10.9 Å². The van der Waals surface area contributed by atoms with Crippen LogP contribution in [0.4, 0.5) is 0 Å². The Morgan fingerprint density at radius 3 is 2.36 bits per heavy atom. The second-order valence-corrected chi connectivity index (χ2v) is 3.54. The minimum Gasteiger partial charge on any atom is -0.441 e. The fraction of sp³-hybridized carbons (Fsp3) is 0. The molecule has 1 aromatic carbocycles. The molecule has 0 radical (unpaired) electrons. The van der Waals surface area contributed by atoms with Crippen molar-refractivity contribution in [3.05, 3.63) is 54.5 Å². The Morgan fingerprint density at radius 1 is 1.00 bits per heavy atom. The minimum atomic E-state index is -0.253. The maximum absolute atomic E-state index is 11.6. The van der Waals surface area contributed by atoms with E-state index in [2.05, 4.69) is 0 Å². The molecule has 0 amide bonds. The maximum Gasteiger partial charge on any atom is 0.233 e. The third kappa shape index (κ3) is 0.822. The molecule has 3 rings (SSSR count). The lowest BCUT2D eigenvalue weighted by Crippen LogP contribution is -2.07. The largest absolute Gasteiger partial charge is 0.441 e. The fourth-order valence-electron chi connectivity index (χ4n) is 1.52. The van der Waals surface area contributed by atoms with Crippen molar-refractivity contribution < 1.29 is 4.42 Å². The first-order valence-corrected chi connectivity index (χ1v) is 4.37. The molecule has 1 heterocycles. The van der Waals surface area contributed by atoms with E-state index in [0.717, 1.165) is 0 Å². The topological polar surface area (TPSA) is 47.3 Å². The Bertz CT molecular complexity index is 774. The molecule has 0 bridgehead atoms. The predicted octanol–water partition coefficient (Wildman–Crippen LogP) is 1.41. The van der Waals surface area contributed by atoms with Crippen LogP contribution in [-0.4, -0.2) is 0 Å². The van der Waals surface area contributed by atoms with E-state index >= 15 is 0 Å². The Labute approximate surface area is 81.9 Å². The van der Waals surface area contributed by atoms with Gasteiger partial charge in [0, 0.05) is 15.8 Å². The van der Waals surface area contributed by atoms with Gasteiger partial charge in [0.15, 0.2) is 0 Å². The highest BCUT2D eigenvalue weighted by molar-refractivity contribution is 6.31. The first-order chi connectivity index (χ1) is 6.68. The molecule has 0 saturated heterocycles. The summed E-state index contributed by atoms with van der Waals surface area (Å²) in [5.41, 5.74) is -0.127. The van der Waals surface area contributed by atoms with Crippen molar-refractivity contribution in [3.8, 4) is 0 Å². The van der Waals surface area contributed by atoms with E-state index in [4.69, 9.17) is 16.0 Å². The highest BCUT2D eigenvalue weighted by Crippen LogP contribution is 2.15. The second kappa shape index (κ2) is 2.25. The molecule has 4 heteroatoms. The Morgan fingerprint density at radius 2 is 1.64 bits per heavy atom. The summed E-state index contributed by atoms with van der Waals surface area (Å²) in [6.07, 6.45) is 0. The van der Waals surface area contributed by atoms with E-state index < -0.39 is 0 Å². The monoisotopic (exact) mass is 206 g/mol. The van der Waals surface area contributed by atoms with Gasteiger partial charge in [0.2, 0.25) is 21.7 Å². The van der Waals surface area contributed by atoms with Gasteiger partial charge >= 0.3 is 0 Å². The Hall–Kier alpha value is -1.61. The summed E-state index contributed by atoms with van der Waals surface area (Å²) in [5.74, 6) is 0. The van der Waals surface area contributed by atoms with E-state index in [0.29, 0.717) is 15.8 Å². The van der Waals surface area contributed by atoms with Gasteiger partial charge in [-0.1, -0.05) is 11.6 Å². The molecule has 0 saturated carbocycles. The van der Waals surface area contributed by atoms with Crippen LogP contribution in [0.5, 0.6) is 0 Å². The highest BCUT2D eigenvalue weighted by atomic mass is 35.5. The molecule has 14 heavy (non-hydrogen) atoms. The van der Waals surface area contributed by atoms with Gasteiger partial charge in [0.25, 0.3) is 0 Å². The number of rotatable bonds is 0. The first kappa shape index (κ1) is 7.76. The molecule has 0 aromatic heterocycles. The second-order valence-electron chi connectivity index (χ2n) is 3.11. The van der Waals surface area contributed by atoms with Crippen LogP contribution in [-0.2, 0) is 0 Å². The van der Waals surface area contributed by atoms with Gasteiger partial charge in [-0.15, -0.1) is 0 Å². The third-order valence-electron chi connectivity index (χ3n) is 2.25. The summed E-state index contributed by atoms with van der Waals surface area (Å²) in [6.45, 7) is 0. The van der Waals surface area contributed by atoms with Crippen molar-refractivity contribution in [1.29, 1.82) is 0 Å². The van der Waals surface area contributed by atoms with E-state index in [1.54, 1.807) is 12.1 Å². The zero-order chi connectivity index (χ0) is 9.87. The molecule has 68 valence electrons. The number of halogens is 1. The van der Waals surface area contributed by atoms with E-state index in [1.165, 1.54) is 6.07 Å². The van der Waals surface area contributed by atoms with Gasteiger partial charge in [-0.05, 0) is 18.2 Å². The lowest BCUT2D eigenvalue weighted by molar-refractivity contribution is 0.636. The predicted molar refractivity (Wildman–Crippen MR) is 51.4 cm³/mol. The van der Waals surface area contributed by atoms with Crippen LogP contribution in [0, 0.1) is 10.8 Å². The summed E-state index contributed by atoms with van der Waals surface area (Å²) < 4.78 is 4.82. The van der Waals surface area contributed by atoms with Gasteiger partial charge in [-0.25, -0.2) is 0 Å². The summed E-state index contributed by atoms with van der Waals surface area (Å²) >= 11 is 5.73. The van der Waals surface area contributed by atoms with Crippen molar-refractivity contribution in [2.75, 3.05) is 0 Å². The van der Waals surface area contributed by atoms with Crippen molar-refractivity contribution in [3.63, 3.8) is 0 Å². The summed E-state index contributed by atoms with van der Waals surface area (Å²) in [6, 6.07) is 4.62. The first-order valence-electron chi connectivity index (χ1n) is 3.99. The quantitative estimate of drug-likeness (QED) is 0.559. The van der Waals surface area contributed by atoms with Crippen LogP contribution in [0.15, 0.2) is 32.2 Å². The van der Waals surface area contributed by atoms with Gasteiger partial charge in [0.05, 0.1) is 0 Å². The number of fused-ring (bicyclic) bond motifs is 1. The van der Waals surface area contributed by atoms with E-state index in [1.807, 2.05) is 0 Å². The van der Waals surface area contributed by atoms with Crippen molar-refractivity contribution >= 4 is 22.4 Å². The SMILES string of the molecule is O=c1c2oc=2c(=O)c2cc(Cl)ccc12. The Balaban J connectivity index is 2.78. The van der Waals surface area contributed by atoms with Gasteiger partial charge in [0.1, 0.15) is 0 Å². The zero-order valence-electron chi connectivity index (χ0n) is 6.83. The standard InChI is InChI=1S/C10H3ClO3/c11-4-1-2-5-6(3-4)8(13)10-9(14-10)7(5)12/h1-3H. The van der Waals surface area contributed by atoms with E-state index in [-0.39, 0.29) is 21.7 Å². The fourth-order valence-corrected chi connectivity index (χ4v) is 1.69. The smallest absolute Gasteiger partial charge is 0.233 e. The number of hydrogen-bond acceptors (Lipinski definition) is 3. The molecule has 0 spiro atoms. The zero-order valence-corrected chi connectivity index (χ0v) is 7.59. The molecule has 1 aliphatic heterocycles. The van der Waals surface area contributed by atoms with Gasteiger partial charge in [-0.3, -0.25) is 9.59 Å².